The minimum absolute atomic E-state index is 0.174. The van der Waals surface area contributed by atoms with Crippen LogP contribution in [-0.2, 0) is 38.2 Å². The smallest absolute Gasteiger partial charge is 0.481 e. The van der Waals surface area contributed by atoms with Crippen molar-refractivity contribution in [1.82, 2.24) is 10.6 Å². The van der Waals surface area contributed by atoms with Gasteiger partial charge in [0.2, 0.25) is 11.8 Å². The zero-order valence-electron chi connectivity index (χ0n) is 27.7. The number of carbonyl (C=O) groups is 2. The zero-order valence-corrected chi connectivity index (χ0v) is 27.7. The maximum atomic E-state index is 14.0. The van der Waals surface area contributed by atoms with Gasteiger partial charge in [0.1, 0.15) is 11.8 Å². The number of carbonyl (C=O) groups excluding carboxylic acids is 2. The zero-order chi connectivity index (χ0) is 32.2. The van der Waals surface area contributed by atoms with E-state index in [9.17, 15) is 9.59 Å². The van der Waals surface area contributed by atoms with E-state index in [0.717, 1.165) is 22.4 Å². The third-order valence-electron chi connectivity index (χ3n) is 9.20. The van der Waals surface area contributed by atoms with E-state index in [-0.39, 0.29) is 29.6 Å². The summed E-state index contributed by atoms with van der Waals surface area (Å²) in [6, 6.07) is 10.8. The molecule has 1 unspecified atom stereocenters. The van der Waals surface area contributed by atoms with Crippen LogP contribution in [0.2, 0.25) is 0 Å². The molecule has 2 aromatic carbocycles. The number of rotatable bonds is 12. The molecule has 9 nitrogen and oxygen atoms in total. The van der Waals surface area contributed by atoms with Crippen molar-refractivity contribution in [3.8, 4) is 17.2 Å². The Balaban J connectivity index is 1.57. The molecule has 2 aliphatic rings. The van der Waals surface area contributed by atoms with E-state index in [1.54, 1.807) is 21.3 Å². The van der Waals surface area contributed by atoms with Gasteiger partial charge in [0, 0.05) is 29.5 Å². The van der Waals surface area contributed by atoms with Gasteiger partial charge in [-0.3, -0.25) is 9.59 Å². The Morgan fingerprint density at radius 3 is 2.14 bits per heavy atom. The molecule has 1 heterocycles. The minimum Gasteiger partial charge on any atom is -0.496 e. The van der Waals surface area contributed by atoms with Crippen LogP contribution in [0.15, 0.2) is 36.4 Å². The summed E-state index contributed by atoms with van der Waals surface area (Å²) in [6.45, 7) is 12.2. The molecule has 0 bridgehead atoms. The van der Waals surface area contributed by atoms with Gasteiger partial charge in [-0.2, -0.15) is 0 Å². The Hall–Kier alpha value is -3.24. The predicted octanol–water partition coefficient (Wildman–Crippen LogP) is 4.71. The highest BCUT2D eigenvalue weighted by Crippen LogP contribution is 2.44. The number of methoxy groups -OCH3 is 3. The van der Waals surface area contributed by atoms with Crippen LogP contribution in [0.3, 0.4) is 0 Å². The topological polar surface area (TPSA) is 104 Å². The Kier molecular flexibility index (Phi) is 10.6. The van der Waals surface area contributed by atoms with E-state index in [0.29, 0.717) is 43.6 Å². The quantitative estimate of drug-likeness (QED) is 0.337. The van der Waals surface area contributed by atoms with Crippen LogP contribution in [-0.4, -0.2) is 63.4 Å². The highest BCUT2D eigenvalue weighted by molar-refractivity contribution is 6.48. The molecule has 1 fully saturated rings. The lowest BCUT2D eigenvalue weighted by molar-refractivity contribution is -0.131. The minimum atomic E-state index is -0.787. The first-order chi connectivity index (χ1) is 20.8. The van der Waals surface area contributed by atoms with Gasteiger partial charge in [-0.25, -0.2) is 0 Å². The third-order valence-corrected chi connectivity index (χ3v) is 9.20. The second kappa shape index (κ2) is 13.8. The van der Waals surface area contributed by atoms with Crippen molar-refractivity contribution >= 4 is 18.9 Å². The Labute approximate surface area is 262 Å². The molecule has 4 rings (SSSR count). The summed E-state index contributed by atoms with van der Waals surface area (Å²) in [6.07, 6.45) is 2.72. The van der Waals surface area contributed by atoms with Crippen molar-refractivity contribution in [2.24, 2.45) is 11.8 Å². The van der Waals surface area contributed by atoms with Gasteiger partial charge in [-0.05, 0) is 64.9 Å². The lowest BCUT2D eigenvalue weighted by Crippen LogP contribution is -2.56. The van der Waals surface area contributed by atoms with E-state index in [1.165, 1.54) is 0 Å². The summed E-state index contributed by atoms with van der Waals surface area (Å²) in [5.74, 6) is 0.997. The number of ether oxygens (including phenoxy) is 3. The number of fused-ring (bicyclic) bond motifs is 1. The number of benzene rings is 2. The Bertz CT molecular complexity index is 1280. The van der Waals surface area contributed by atoms with Gasteiger partial charge in [0.25, 0.3) is 0 Å². The molecule has 1 saturated heterocycles. The summed E-state index contributed by atoms with van der Waals surface area (Å²) < 4.78 is 29.6. The first-order valence-corrected chi connectivity index (χ1v) is 15.6. The van der Waals surface area contributed by atoms with E-state index in [2.05, 4.69) is 24.5 Å². The van der Waals surface area contributed by atoms with Gasteiger partial charge in [-0.15, -0.1) is 0 Å². The maximum absolute atomic E-state index is 14.0. The van der Waals surface area contributed by atoms with Gasteiger partial charge in [-0.1, -0.05) is 44.2 Å². The molecular formula is C34H49BN2O7. The highest BCUT2D eigenvalue weighted by Gasteiger charge is 2.54. The number of hydrogen-bond donors (Lipinski definition) is 2. The van der Waals surface area contributed by atoms with E-state index in [4.69, 9.17) is 23.5 Å². The third kappa shape index (κ3) is 7.34. The lowest BCUT2D eigenvalue weighted by atomic mass is 9.73. The molecule has 1 aliphatic carbocycles. The molecule has 0 aromatic heterocycles. The summed E-state index contributed by atoms with van der Waals surface area (Å²) in [7, 11) is 4.21. The first-order valence-electron chi connectivity index (χ1n) is 15.6. The maximum Gasteiger partial charge on any atom is 0.481 e. The van der Waals surface area contributed by atoms with Crippen LogP contribution < -0.4 is 24.8 Å². The van der Waals surface area contributed by atoms with E-state index < -0.39 is 24.4 Å². The molecule has 10 heteroatoms. The molecule has 2 aromatic rings. The second-order valence-corrected chi connectivity index (χ2v) is 13.3. The molecule has 3 atom stereocenters. The van der Waals surface area contributed by atoms with Crippen LogP contribution in [0.5, 0.6) is 17.2 Å². The van der Waals surface area contributed by atoms with Gasteiger partial charge in [0.15, 0.2) is 11.5 Å². The fraction of sp³-hybridized carbons (Fsp3) is 0.588. The summed E-state index contributed by atoms with van der Waals surface area (Å²) in [5.41, 5.74) is 1.82. The average molecular weight is 609 g/mol. The van der Waals surface area contributed by atoms with Crippen LogP contribution >= 0.6 is 0 Å². The number of nitrogens with one attached hydrogen (secondary N) is 2. The van der Waals surface area contributed by atoms with Crippen LogP contribution in [0, 0.1) is 11.8 Å². The molecule has 0 radical (unpaired) electrons. The van der Waals surface area contributed by atoms with Crippen molar-refractivity contribution in [1.29, 1.82) is 0 Å². The Morgan fingerprint density at radius 1 is 0.932 bits per heavy atom. The standard InChI is InChI=1S/C34H49BN2O7/c1-21(2)17-29(35-43-33(3,4)34(5,6)44-35)37-32(39)26(18-22-13-11-10-12-14-22)36-31(38)23-15-16-24-25(19-23)30(42-9)28(41-8)20-27(24)40-7/h10-14,20-21,23,26,29H,15-19H2,1-9H3,(H,36,38)(H,37,39)/t23?,26-,29-/m0/s1. The van der Waals surface area contributed by atoms with Crippen molar-refractivity contribution < 1.29 is 33.1 Å². The molecule has 2 N–H and O–H groups in total. The van der Waals surface area contributed by atoms with Gasteiger partial charge >= 0.3 is 7.12 Å². The van der Waals surface area contributed by atoms with Gasteiger partial charge < -0.3 is 34.2 Å². The normalized spacial score (nSPS) is 20.0. The second-order valence-electron chi connectivity index (χ2n) is 13.3. The largest absolute Gasteiger partial charge is 0.496 e. The molecule has 240 valence electrons. The van der Waals surface area contributed by atoms with E-state index in [1.807, 2.05) is 64.1 Å². The Morgan fingerprint density at radius 2 is 1.57 bits per heavy atom. The monoisotopic (exact) mass is 608 g/mol. The van der Waals surface area contributed by atoms with E-state index >= 15 is 0 Å². The SMILES string of the molecule is COc1cc(OC)c(OC)c2c1CCC(C(=O)N[C@@H](Cc1ccccc1)C(=O)N[C@@H](CC(C)C)B1OC(C)(C)C(C)(C)O1)C2. The van der Waals surface area contributed by atoms with Crippen LogP contribution in [0.25, 0.3) is 0 Å². The molecular weight excluding hydrogens is 559 g/mol. The molecule has 0 spiro atoms. The molecule has 44 heavy (non-hydrogen) atoms. The van der Waals surface area contributed by atoms with Crippen LogP contribution in [0.1, 0.15) is 71.1 Å². The number of amides is 2. The van der Waals surface area contributed by atoms with Crippen molar-refractivity contribution in [2.75, 3.05) is 21.3 Å². The lowest BCUT2D eigenvalue weighted by Gasteiger charge is -2.32. The van der Waals surface area contributed by atoms with Crippen molar-refractivity contribution in [3.63, 3.8) is 0 Å². The highest BCUT2D eigenvalue weighted by atomic mass is 16.7. The van der Waals surface area contributed by atoms with Crippen molar-refractivity contribution in [2.45, 2.75) is 96.8 Å². The molecule has 0 saturated carbocycles. The fourth-order valence-corrected chi connectivity index (χ4v) is 6.08. The van der Waals surface area contributed by atoms with Crippen molar-refractivity contribution in [3.05, 3.63) is 53.1 Å². The average Bonchev–Trinajstić information content (AvgIpc) is 3.21. The first kappa shape index (κ1) is 33.7. The number of hydrogen-bond acceptors (Lipinski definition) is 7. The molecule has 1 aliphatic heterocycles. The van der Waals surface area contributed by atoms with Gasteiger partial charge in [0.05, 0.1) is 38.5 Å². The summed E-state index contributed by atoms with van der Waals surface area (Å²) in [4.78, 5) is 27.9. The summed E-state index contributed by atoms with van der Waals surface area (Å²) in [5, 5.41) is 6.31. The van der Waals surface area contributed by atoms with Crippen LogP contribution in [0.4, 0.5) is 0 Å². The summed E-state index contributed by atoms with van der Waals surface area (Å²) >= 11 is 0. The predicted molar refractivity (Wildman–Crippen MR) is 171 cm³/mol. The molecule has 2 amide bonds. The fourth-order valence-electron chi connectivity index (χ4n) is 6.08.